The van der Waals surface area contributed by atoms with Gasteiger partial charge in [0.1, 0.15) is 6.04 Å². The molecular weight excluding hydrogens is 330 g/mol. The van der Waals surface area contributed by atoms with E-state index in [0.29, 0.717) is 6.42 Å². The van der Waals surface area contributed by atoms with Crippen LogP contribution in [0.3, 0.4) is 0 Å². The topological polar surface area (TPSA) is 108 Å². The highest BCUT2D eigenvalue weighted by Crippen LogP contribution is 2.18. The first kappa shape index (κ1) is 17.7. The summed E-state index contributed by atoms with van der Waals surface area (Å²) in [4.78, 5) is 27.0. The highest BCUT2D eigenvalue weighted by Gasteiger charge is 2.24. The molecule has 26 heavy (non-hydrogen) atoms. The molecule has 0 aliphatic rings. The number of carboxylic acid groups (broad SMARTS) is 1. The minimum Gasteiger partial charge on any atom is -0.480 e. The zero-order chi connectivity index (χ0) is 18.5. The molecule has 1 aromatic heterocycles. The molecule has 0 aliphatic heterocycles. The van der Waals surface area contributed by atoms with E-state index in [0.717, 1.165) is 22.0 Å². The van der Waals surface area contributed by atoms with E-state index < -0.39 is 24.0 Å². The van der Waals surface area contributed by atoms with Crippen LogP contribution < -0.4 is 11.1 Å². The van der Waals surface area contributed by atoms with Crippen molar-refractivity contribution in [3.63, 3.8) is 0 Å². The average molecular weight is 351 g/mol. The van der Waals surface area contributed by atoms with Crippen molar-refractivity contribution in [1.82, 2.24) is 10.3 Å². The fraction of sp³-hybridized carbons (Fsp3) is 0.200. The molecule has 3 aromatic rings. The lowest BCUT2D eigenvalue weighted by atomic mass is 10.0. The maximum atomic E-state index is 12.4. The van der Waals surface area contributed by atoms with Crippen molar-refractivity contribution in [3.8, 4) is 0 Å². The zero-order valence-electron chi connectivity index (χ0n) is 14.2. The SMILES string of the molecule is N[C@@H](Cc1c[nH]c2ccccc12)C(=O)N[C@H](Cc1ccccc1)C(=O)O. The molecule has 134 valence electrons. The van der Waals surface area contributed by atoms with Crippen LogP contribution in [-0.4, -0.2) is 34.1 Å². The average Bonchev–Trinajstić information content (AvgIpc) is 3.05. The van der Waals surface area contributed by atoms with E-state index in [1.54, 1.807) is 0 Å². The number of hydrogen-bond donors (Lipinski definition) is 4. The second-order valence-corrected chi connectivity index (χ2v) is 6.26. The molecule has 0 unspecified atom stereocenters. The van der Waals surface area contributed by atoms with Crippen LogP contribution in [-0.2, 0) is 22.4 Å². The first-order valence-corrected chi connectivity index (χ1v) is 8.42. The normalized spacial score (nSPS) is 13.3. The van der Waals surface area contributed by atoms with Gasteiger partial charge in [-0.15, -0.1) is 0 Å². The quantitative estimate of drug-likeness (QED) is 0.521. The van der Waals surface area contributed by atoms with Crippen molar-refractivity contribution in [2.75, 3.05) is 0 Å². The fourth-order valence-corrected chi connectivity index (χ4v) is 2.96. The number of aromatic amines is 1. The number of carbonyl (C=O) groups is 2. The lowest BCUT2D eigenvalue weighted by molar-refractivity contribution is -0.141. The van der Waals surface area contributed by atoms with Gasteiger partial charge in [-0.3, -0.25) is 4.79 Å². The molecule has 0 bridgehead atoms. The van der Waals surface area contributed by atoms with E-state index in [1.165, 1.54) is 0 Å². The van der Waals surface area contributed by atoms with Crippen molar-refractivity contribution in [1.29, 1.82) is 0 Å². The van der Waals surface area contributed by atoms with Crippen LogP contribution in [0.1, 0.15) is 11.1 Å². The second kappa shape index (κ2) is 7.84. The Bertz CT molecular complexity index is 905. The summed E-state index contributed by atoms with van der Waals surface area (Å²) in [6.45, 7) is 0. The molecule has 2 atom stereocenters. The Morgan fingerprint density at radius 3 is 2.46 bits per heavy atom. The summed E-state index contributed by atoms with van der Waals surface area (Å²) in [5, 5.41) is 13.0. The molecule has 0 saturated heterocycles. The molecule has 6 heteroatoms. The molecule has 1 heterocycles. The highest BCUT2D eigenvalue weighted by atomic mass is 16.4. The molecule has 0 radical (unpaired) electrons. The lowest BCUT2D eigenvalue weighted by Crippen LogP contribution is -2.50. The number of aromatic nitrogens is 1. The Kier molecular flexibility index (Phi) is 5.34. The van der Waals surface area contributed by atoms with E-state index in [9.17, 15) is 14.7 Å². The summed E-state index contributed by atoms with van der Waals surface area (Å²) >= 11 is 0. The minimum absolute atomic E-state index is 0.210. The molecule has 0 saturated carbocycles. The Morgan fingerprint density at radius 2 is 1.73 bits per heavy atom. The molecule has 0 spiro atoms. The van der Waals surface area contributed by atoms with E-state index in [2.05, 4.69) is 10.3 Å². The van der Waals surface area contributed by atoms with Gasteiger partial charge in [-0.2, -0.15) is 0 Å². The number of aliphatic carboxylic acids is 1. The molecule has 5 N–H and O–H groups in total. The molecule has 1 amide bonds. The van der Waals surface area contributed by atoms with Gasteiger partial charge in [0.05, 0.1) is 6.04 Å². The predicted octanol–water partition coefficient (Wildman–Crippen LogP) is 1.85. The van der Waals surface area contributed by atoms with Gasteiger partial charge in [-0.05, 0) is 23.6 Å². The minimum atomic E-state index is -1.08. The van der Waals surface area contributed by atoms with Gasteiger partial charge in [-0.1, -0.05) is 48.5 Å². The van der Waals surface area contributed by atoms with Crippen LogP contribution in [0.15, 0.2) is 60.8 Å². The number of carboxylic acids is 1. The first-order valence-electron chi connectivity index (χ1n) is 8.42. The van der Waals surface area contributed by atoms with E-state index in [4.69, 9.17) is 5.73 Å². The maximum Gasteiger partial charge on any atom is 0.326 e. The second-order valence-electron chi connectivity index (χ2n) is 6.26. The largest absolute Gasteiger partial charge is 0.480 e. The highest BCUT2D eigenvalue weighted by molar-refractivity contribution is 5.88. The maximum absolute atomic E-state index is 12.4. The van der Waals surface area contributed by atoms with Crippen LogP contribution in [0.25, 0.3) is 10.9 Å². The molecule has 0 fully saturated rings. The van der Waals surface area contributed by atoms with Crippen molar-refractivity contribution in [3.05, 3.63) is 71.9 Å². The van der Waals surface area contributed by atoms with Gasteiger partial charge in [0, 0.05) is 23.5 Å². The summed E-state index contributed by atoms with van der Waals surface area (Å²) in [6.07, 6.45) is 2.37. The van der Waals surface area contributed by atoms with Crippen LogP contribution in [0.4, 0.5) is 0 Å². The number of amides is 1. The lowest BCUT2D eigenvalue weighted by Gasteiger charge is -2.18. The van der Waals surface area contributed by atoms with Crippen molar-refractivity contribution in [2.45, 2.75) is 24.9 Å². The van der Waals surface area contributed by atoms with E-state index in [-0.39, 0.29) is 6.42 Å². The Labute approximate surface area is 151 Å². The van der Waals surface area contributed by atoms with Crippen LogP contribution in [0.2, 0.25) is 0 Å². The van der Waals surface area contributed by atoms with Gasteiger partial charge in [0.15, 0.2) is 0 Å². The first-order chi connectivity index (χ1) is 12.5. The van der Waals surface area contributed by atoms with Crippen molar-refractivity contribution in [2.24, 2.45) is 5.73 Å². The number of fused-ring (bicyclic) bond motifs is 1. The third-order valence-electron chi connectivity index (χ3n) is 4.35. The van der Waals surface area contributed by atoms with Crippen molar-refractivity contribution >= 4 is 22.8 Å². The summed E-state index contributed by atoms with van der Waals surface area (Å²) in [5.74, 6) is -1.56. The monoisotopic (exact) mass is 351 g/mol. The number of benzene rings is 2. The Morgan fingerprint density at radius 1 is 1.04 bits per heavy atom. The number of carbonyl (C=O) groups excluding carboxylic acids is 1. The number of nitrogens with two attached hydrogens (primary N) is 1. The van der Waals surface area contributed by atoms with Crippen LogP contribution in [0.5, 0.6) is 0 Å². The molecule has 6 nitrogen and oxygen atoms in total. The standard InChI is InChI=1S/C20H21N3O3/c21-16(11-14-12-22-17-9-5-4-8-15(14)17)19(24)23-18(20(25)26)10-13-6-2-1-3-7-13/h1-9,12,16,18,22H,10-11,21H2,(H,23,24)(H,25,26)/t16-,18+/m0/s1. The van der Waals surface area contributed by atoms with Crippen molar-refractivity contribution < 1.29 is 14.7 Å². The molecule has 3 rings (SSSR count). The van der Waals surface area contributed by atoms with Gasteiger partial charge in [0.25, 0.3) is 0 Å². The summed E-state index contributed by atoms with van der Waals surface area (Å²) in [7, 11) is 0. The summed E-state index contributed by atoms with van der Waals surface area (Å²) in [5.41, 5.74) is 8.76. The smallest absolute Gasteiger partial charge is 0.326 e. The van der Waals surface area contributed by atoms with Crippen LogP contribution >= 0.6 is 0 Å². The third-order valence-corrected chi connectivity index (χ3v) is 4.35. The van der Waals surface area contributed by atoms with E-state index in [1.807, 2.05) is 60.8 Å². The van der Waals surface area contributed by atoms with E-state index >= 15 is 0 Å². The van der Waals surface area contributed by atoms with Crippen LogP contribution in [0, 0.1) is 0 Å². The number of nitrogens with one attached hydrogen (secondary N) is 2. The zero-order valence-corrected chi connectivity index (χ0v) is 14.2. The summed E-state index contributed by atoms with van der Waals surface area (Å²) < 4.78 is 0. The Balaban J connectivity index is 1.66. The molecular formula is C20H21N3O3. The van der Waals surface area contributed by atoms with Gasteiger partial charge in [0.2, 0.25) is 5.91 Å². The number of hydrogen-bond acceptors (Lipinski definition) is 3. The molecule has 2 aromatic carbocycles. The number of rotatable bonds is 7. The number of para-hydroxylation sites is 1. The fourth-order valence-electron chi connectivity index (χ4n) is 2.96. The van der Waals surface area contributed by atoms with Gasteiger partial charge in [-0.25, -0.2) is 4.79 Å². The Hall–Kier alpha value is -3.12. The summed E-state index contributed by atoms with van der Waals surface area (Å²) in [6, 6.07) is 15.1. The van der Waals surface area contributed by atoms with Gasteiger partial charge < -0.3 is 21.1 Å². The molecule has 0 aliphatic carbocycles. The number of H-pyrrole nitrogens is 1. The third kappa shape index (κ3) is 4.10. The van der Waals surface area contributed by atoms with Gasteiger partial charge >= 0.3 is 5.97 Å². The predicted molar refractivity (Wildman–Crippen MR) is 99.7 cm³/mol.